The number of methoxy groups -OCH3 is 2. The maximum Gasteiger partial charge on any atom is 0.229 e. The standard InChI is InChI=1S/C20H22N4O3/c1-26-16-7-3-5-14(11-16)18(13-25)23-19-9-10-21-20(24-19)22-15-6-4-8-17(12-15)27-2/h3-12,18,25H,13H2,1-2H3,(H2,21,22,23,24). The van der Waals surface area contributed by atoms with Crippen LogP contribution < -0.4 is 20.1 Å². The Morgan fingerprint density at radius 2 is 1.74 bits per heavy atom. The van der Waals surface area contributed by atoms with E-state index in [4.69, 9.17) is 9.47 Å². The van der Waals surface area contributed by atoms with Crippen molar-refractivity contribution in [1.82, 2.24) is 9.97 Å². The van der Waals surface area contributed by atoms with E-state index in [0.717, 1.165) is 22.7 Å². The van der Waals surface area contributed by atoms with Gasteiger partial charge in [0.2, 0.25) is 5.95 Å². The van der Waals surface area contributed by atoms with Crippen LogP contribution in [-0.4, -0.2) is 35.9 Å². The highest BCUT2D eigenvalue weighted by Crippen LogP contribution is 2.23. The van der Waals surface area contributed by atoms with E-state index in [2.05, 4.69) is 20.6 Å². The lowest BCUT2D eigenvalue weighted by atomic mass is 10.1. The van der Waals surface area contributed by atoms with E-state index < -0.39 is 0 Å². The van der Waals surface area contributed by atoms with Gasteiger partial charge in [0.1, 0.15) is 17.3 Å². The summed E-state index contributed by atoms with van der Waals surface area (Å²) in [5, 5.41) is 16.2. The molecule has 140 valence electrons. The summed E-state index contributed by atoms with van der Waals surface area (Å²) in [4.78, 5) is 8.70. The molecule has 1 unspecified atom stereocenters. The molecule has 0 aliphatic rings. The van der Waals surface area contributed by atoms with Crippen molar-refractivity contribution in [3.63, 3.8) is 0 Å². The number of rotatable bonds is 8. The maximum atomic E-state index is 9.79. The SMILES string of the molecule is COc1cccc(Nc2nccc(NC(CO)c3cccc(OC)c3)n2)c1. The van der Waals surface area contributed by atoms with Crippen LogP contribution >= 0.6 is 0 Å². The predicted molar refractivity (Wildman–Crippen MR) is 105 cm³/mol. The van der Waals surface area contributed by atoms with Gasteiger partial charge in [0.25, 0.3) is 0 Å². The highest BCUT2D eigenvalue weighted by atomic mass is 16.5. The van der Waals surface area contributed by atoms with Crippen molar-refractivity contribution >= 4 is 17.5 Å². The van der Waals surface area contributed by atoms with Gasteiger partial charge in [-0.25, -0.2) is 4.98 Å². The molecule has 1 atom stereocenters. The summed E-state index contributed by atoms with van der Waals surface area (Å²) in [5.74, 6) is 2.51. The molecule has 0 aliphatic carbocycles. The fourth-order valence-corrected chi connectivity index (χ4v) is 2.60. The second-order valence-corrected chi connectivity index (χ2v) is 5.78. The number of ether oxygens (including phenoxy) is 2. The Balaban J connectivity index is 1.75. The van der Waals surface area contributed by atoms with Gasteiger partial charge >= 0.3 is 0 Å². The molecule has 1 heterocycles. The van der Waals surface area contributed by atoms with Gasteiger partial charge in [-0.1, -0.05) is 18.2 Å². The smallest absolute Gasteiger partial charge is 0.229 e. The van der Waals surface area contributed by atoms with Gasteiger partial charge in [-0.05, 0) is 35.9 Å². The van der Waals surface area contributed by atoms with Crippen LogP contribution in [0.5, 0.6) is 11.5 Å². The molecule has 7 nitrogen and oxygen atoms in total. The summed E-state index contributed by atoms with van der Waals surface area (Å²) < 4.78 is 10.5. The van der Waals surface area contributed by atoms with Crippen LogP contribution in [0, 0.1) is 0 Å². The van der Waals surface area contributed by atoms with E-state index in [1.165, 1.54) is 0 Å². The van der Waals surface area contributed by atoms with Gasteiger partial charge in [0.05, 0.1) is 26.9 Å². The van der Waals surface area contributed by atoms with Crippen LogP contribution in [0.3, 0.4) is 0 Å². The lowest BCUT2D eigenvalue weighted by molar-refractivity contribution is 0.276. The minimum atomic E-state index is -0.320. The summed E-state index contributed by atoms with van der Waals surface area (Å²) in [6.07, 6.45) is 1.65. The molecule has 0 spiro atoms. The molecule has 2 aromatic carbocycles. The van der Waals surface area contributed by atoms with Crippen LogP contribution in [0.25, 0.3) is 0 Å². The van der Waals surface area contributed by atoms with Crippen LogP contribution in [0.15, 0.2) is 60.8 Å². The van der Waals surface area contributed by atoms with E-state index in [1.54, 1.807) is 26.5 Å². The van der Waals surface area contributed by atoms with Crippen LogP contribution in [0.4, 0.5) is 17.5 Å². The Morgan fingerprint density at radius 3 is 2.48 bits per heavy atom. The average Bonchev–Trinajstić information content (AvgIpc) is 2.72. The number of nitrogens with zero attached hydrogens (tertiary/aromatic N) is 2. The first-order valence-corrected chi connectivity index (χ1v) is 8.47. The molecule has 0 bridgehead atoms. The van der Waals surface area contributed by atoms with Crippen molar-refractivity contribution in [3.05, 3.63) is 66.4 Å². The van der Waals surface area contributed by atoms with Crippen molar-refractivity contribution in [3.8, 4) is 11.5 Å². The highest BCUT2D eigenvalue weighted by molar-refractivity contribution is 5.57. The molecule has 0 aliphatic heterocycles. The normalized spacial score (nSPS) is 11.5. The summed E-state index contributed by atoms with van der Waals surface area (Å²) in [7, 11) is 3.23. The lowest BCUT2D eigenvalue weighted by Gasteiger charge is -2.18. The first-order valence-electron chi connectivity index (χ1n) is 8.47. The summed E-state index contributed by atoms with van der Waals surface area (Å²) in [5.41, 5.74) is 1.72. The van der Waals surface area contributed by atoms with Gasteiger partial charge in [0, 0.05) is 18.0 Å². The number of nitrogens with one attached hydrogen (secondary N) is 2. The van der Waals surface area contributed by atoms with Crippen LogP contribution in [-0.2, 0) is 0 Å². The average molecular weight is 366 g/mol. The Labute approximate surface area is 158 Å². The third-order valence-corrected chi connectivity index (χ3v) is 3.98. The molecule has 0 saturated heterocycles. The van der Waals surface area contributed by atoms with Crippen molar-refractivity contribution in [2.45, 2.75) is 6.04 Å². The number of aromatic nitrogens is 2. The number of hydrogen-bond acceptors (Lipinski definition) is 7. The zero-order valence-corrected chi connectivity index (χ0v) is 15.2. The summed E-state index contributed by atoms with van der Waals surface area (Å²) in [6.45, 7) is -0.0875. The molecule has 3 aromatic rings. The van der Waals surface area contributed by atoms with Gasteiger partial charge in [0.15, 0.2) is 0 Å². The molecule has 0 radical (unpaired) electrons. The third-order valence-electron chi connectivity index (χ3n) is 3.98. The summed E-state index contributed by atoms with van der Waals surface area (Å²) >= 11 is 0. The third kappa shape index (κ3) is 4.86. The molecule has 0 amide bonds. The Hall–Kier alpha value is -3.32. The molecule has 7 heteroatoms. The molecule has 0 saturated carbocycles. The van der Waals surface area contributed by atoms with Gasteiger partial charge < -0.3 is 25.2 Å². The lowest BCUT2D eigenvalue weighted by Crippen LogP contribution is -2.16. The van der Waals surface area contributed by atoms with Gasteiger partial charge in [-0.15, -0.1) is 0 Å². The molecular formula is C20H22N4O3. The Bertz CT molecular complexity index is 888. The van der Waals surface area contributed by atoms with E-state index in [-0.39, 0.29) is 12.6 Å². The van der Waals surface area contributed by atoms with E-state index in [9.17, 15) is 5.11 Å². The first kappa shape index (κ1) is 18.5. The van der Waals surface area contributed by atoms with Crippen molar-refractivity contribution in [2.75, 3.05) is 31.5 Å². The quantitative estimate of drug-likeness (QED) is 0.563. The summed E-state index contributed by atoms with van der Waals surface area (Å²) in [6, 6.07) is 16.5. The van der Waals surface area contributed by atoms with Crippen molar-refractivity contribution in [2.24, 2.45) is 0 Å². The fourth-order valence-electron chi connectivity index (χ4n) is 2.60. The second kappa shape index (κ2) is 8.86. The minimum Gasteiger partial charge on any atom is -0.497 e. The first-order chi connectivity index (χ1) is 13.2. The zero-order valence-electron chi connectivity index (χ0n) is 15.2. The molecule has 3 N–H and O–H groups in total. The number of aliphatic hydroxyl groups is 1. The van der Waals surface area contributed by atoms with Crippen molar-refractivity contribution in [1.29, 1.82) is 0 Å². The number of benzene rings is 2. The van der Waals surface area contributed by atoms with E-state index >= 15 is 0 Å². The fraction of sp³-hybridized carbons (Fsp3) is 0.200. The number of anilines is 3. The topological polar surface area (TPSA) is 88.5 Å². The monoisotopic (exact) mass is 366 g/mol. The minimum absolute atomic E-state index is 0.0875. The maximum absolute atomic E-state index is 9.79. The Morgan fingerprint density at radius 1 is 1.00 bits per heavy atom. The molecular weight excluding hydrogens is 344 g/mol. The van der Waals surface area contributed by atoms with E-state index in [0.29, 0.717) is 11.8 Å². The number of aliphatic hydroxyl groups excluding tert-OH is 1. The molecule has 0 fully saturated rings. The molecule has 27 heavy (non-hydrogen) atoms. The van der Waals surface area contributed by atoms with Gasteiger partial charge in [-0.3, -0.25) is 0 Å². The highest BCUT2D eigenvalue weighted by Gasteiger charge is 2.12. The van der Waals surface area contributed by atoms with E-state index in [1.807, 2.05) is 48.5 Å². The number of hydrogen-bond donors (Lipinski definition) is 3. The van der Waals surface area contributed by atoms with Gasteiger partial charge in [-0.2, -0.15) is 4.98 Å². The zero-order chi connectivity index (χ0) is 19.1. The predicted octanol–water partition coefficient (Wildman–Crippen LogP) is 3.38. The van der Waals surface area contributed by atoms with Crippen LogP contribution in [0.1, 0.15) is 11.6 Å². The Kier molecular flexibility index (Phi) is 6.06. The molecule has 3 rings (SSSR count). The largest absolute Gasteiger partial charge is 0.497 e. The van der Waals surface area contributed by atoms with Crippen LogP contribution in [0.2, 0.25) is 0 Å². The van der Waals surface area contributed by atoms with Crippen molar-refractivity contribution < 1.29 is 14.6 Å². The second-order valence-electron chi connectivity index (χ2n) is 5.78. The molecule has 1 aromatic heterocycles.